The highest BCUT2D eigenvalue weighted by atomic mass is 32.2. The molecule has 0 aliphatic carbocycles. The van der Waals surface area contributed by atoms with Gasteiger partial charge in [0.25, 0.3) is 5.91 Å². The molecule has 0 radical (unpaired) electrons. The number of piperazine rings is 1. The quantitative estimate of drug-likeness (QED) is 0.571. The smallest absolute Gasteiger partial charge is 0.254 e. The van der Waals surface area contributed by atoms with Crippen LogP contribution in [0.2, 0.25) is 0 Å². The lowest BCUT2D eigenvalue weighted by Crippen LogP contribution is -2.49. The van der Waals surface area contributed by atoms with E-state index < -0.39 is 27.3 Å². The summed E-state index contributed by atoms with van der Waals surface area (Å²) in [6, 6.07) is 13.2. The summed E-state index contributed by atoms with van der Waals surface area (Å²) in [7, 11) is -3.56. The Bertz CT molecular complexity index is 1300. The highest BCUT2D eigenvalue weighted by Gasteiger charge is 2.26. The molecule has 0 N–H and O–H groups in total. The Kier molecular flexibility index (Phi) is 6.16. The fraction of sp³-hybridized carbons (Fsp3) is 0.208. The molecule has 0 saturated carbocycles. The number of carbonyl (C=O) groups is 1. The summed E-state index contributed by atoms with van der Waals surface area (Å²) in [6.45, 7) is 1.18. The third kappa shape index (κ3) is 4.88. The lowest BCUT2D eigenvalue weighted by Gasteiger charge is -2.36. The van der Waals surface area contributed by atoms with E-state index in [1.807, 2.05) is 0 Å². The second-order valence-corrected chi connectivity index (χ2v) is 9.88. The summed E-state index contributed by atoms with van der Waals surface area (Å²) >= 11 is 0. The van der Waals surface area contributed by atoms with Gasteiger partial charge >= 0.3 is 0 Å². The van der Waals surface area contributed by atoms with Crippen molar-refractivity contribution in [2.24, 2.45) is 0 Å². The lowest BCUT2D eigenvalue weighted by molar-refractivity contribution is 0.0747. The van der Waals surface area contributed by atoms with Gasteiger partial charge in [0.05, 0.1) is 10.6 Å². The van der Waals surface area contributed by atoms with E-state index >= 15 is 0 Å². The minimum absolute atomic E-state index is 0.00345. The van der Waals surface area contributed by atoms with E-state index in [4.69, 9.17) is 0 Å². The maximum absolute atomic E-state index is 14.1. The molecule has 0 spiro atoms. The van der Waals surface area contributed by atoms with Crippen molar-refractivity contribution in [2.45, 2.75) is 4.90 Å². The first-order valence-corrected chi connectivity index (χ1v) is 12.1. The number of benzene rings is 3. The van der Waals surface area contributed by atoms with Gasteiger partial charge in [0.15, 0.2) is 9.84 Å². The molecule has 9 heteroatoms. The number of carbonyl (C=O) groups excluding carboxylic acids is 1. The fourth-order valence-corrected chi connectivity index (χ4v) is 4.52. The van der Waals surface area contributed by atoms with Crippen molar-refractivity contribution in [3.63, 3.8) is 0 Å². The zero-order valence-corrected chi connectivity index (χ0v) is 18.6. The molecule has 0 unspecified atom stereocenters. The van der Waals surface area contributed by atoms with Crippen LogP contribution in [0.5, 0.6) is 0 Å². The van der Waals surface area contributed by atoms with Crippen molar-refractivity contribution in [1.29, 1.82) is 0 Å². The molecule has 1 aliphatic rings. The molecule has 4 rings (SSSR count). The molecule has 1 fully saturated rings. The van der Waals surface area contributed by atoms with Gasteiger partial charge in [-0.1, -0.05) is 18.2 Å². The average molecular weight is 475 g/mol. The van der Waals surface area contributed by atoms with Crippen LogP contribution in [0.4, 0.5) is 18.9 Å². The van der Waals surface area contributed by atoms with E-state index in [1.165, 1.54) is 48.5 Å². The normalized spacial score (nSPS) is 14.4. The van der Waals surface area contributed by atoms with Crippen LogP contribution in [0.3, 0.4) is 0 Å². The van der Waals surface area contributed by atoms with Gasteiger partial charge in [-0.15, -0.1) is 0 Å². The molecule has 172 valence electrons. The highest BCUT2D eigenvalue weighted by molar-refractivity contribution is 7.90. The van der Waals surface area contributed by atoms with Crippen molar-refractivity contribution in [3.05, 3.63) is 83.7 Å². The number of hydrogen-bond donors (Lipinski definition) is 0. The molecule has 3 aromatic carbocycles. The Balaban J connectivity index is 1.62. The summed E-state index contributed by atoms with van der Waals surface area (Å²) in [6.07, 6.45) is 1.06. The minimum Gasteiger partial charge on any atom is -0.366 e. The van der Waals surface area contributed by atoms with E-state index in [0.29, 0.717) is 24.2 Å². The van der Waals surface area contributed by atoms with E-state index in [0.717, 1.165) is 12.3 Å². The Hall–Kier alpha value is -3.33. The zero-order chi connectivity index (χ0) is 23.8. The molecular formula is C24H21F3N2O3S. The molecule has 0 atom stereocenters. The number of sulfone groups is 1. The largest absolute Gasteiger partial charge is 0.366 e. The number of nitrogens with zero attached hydrogens (tertiary/aromatic N) is 2. The van der Waals surface area contributed by atoms with Crippen LogP contribution in [0, 0.1) is 17.5 Å². The standard InChI is InChI=1S/C24H21F3N2O3S/c1-33(31,32)19-7-8-20(16-2-4-17(25)5-3-16)21(15-19)24(30)29-12-10-28(11-13-29)23-9-6-18(26)14-22(23)27/h2-9,14-15H,10-13H2,1H3. The second kappa shape index (κ2) is 8.90. The maximum atomic E-state index is 14.1. The van der Waals surface area contributed by atoms with Crippen molar-refractivity contribution >= 4 is 21.4 Å². The Morgan fingerprint density at radius 3 is 2.06 bits per heavy atom. The summed E-state index contributed by atoms with van der Waals surface area (Å²) < 4.78 is 64.9. The number of hydrogen-bond acceptors (Lipinski definition) is 4. The predicted octanol–water partition coefficient (Wildman–Crippen LogP) is 4.14. The summed E-state index contributed by atoms with van der Waals surface area (Å²) in [5.41, 5.74) is 1.51. The van der Waals surface area contributed by atoms with E-state index in [2.05, 4.69) is 0 Å². The van der Waals surface area contributed by atoms with Gasteiger partial charge in [0.1, 0.15) is 17.5 Å². The molecule has 1 saturated heterocycles. The molecule has 0 aromatic heterocycles. The predicted molar refractivity (Wildman–Crippen MR) is 119 cm³/mol. The maximum Gasteiger partial charge on any atom is 0.254 e. The summed E-state index contributed by atoms with van der Waals surface area (Å²) in [5.74, 6) is -2.14. The molecule has 5 nitrogen and oxygen atoms in total. The molecule has 1 aliphatic heterocycles. The molecule has 3 aromatic rings. The third-order valence-electron chi connectivity index (χ3n) is 5.62. The molecule has 0 bridgehead atoms. The first-order chi connectivity index (χ1) is 15.6. The Morgan fingerprint density at radius 2 is 1.45 bits per heavy atom. The van der Waals surface area contributed by atoms with Crippen molar-refractivity contribution < 1.29 is 26.4 Å². The van der Waals surface area contributed by atoms with Gasteiger partial charge in [0, 0.05) is 44.1 Å². The van der Waals surface area contributed by atoms with Gasteiger partial charge in [0.2, 0.25) is 0 Å². The number of halogens is 3. The highest BCUT2D eigenvalue weighted by Crippen LogP contribution is 2.29. The molecular weight excluding hydrogens is 453 g/mol. The summed E-state index contributed by atoms with van der Waals surface area (Å²) in [5, 5.41) is 0. The molecule has 33 heavy (non-hydrogen) atoms. The minimum atomic E-state index is -3.56. The second-order valence-electron chi connectivity index (χ2n) is 7.86. The topological polar surface area (TPSA) is 57.7 Å². The van der Waals surface area contributed by atoms with Crippen LogP contribution in [0.15, 0.2) is 65.6 Å². The first-order valence-electron chi connectivity index (χ1n) is 10.2. The van der Waals surface area contributed by atoms with Crippen LogP contribution in [-0.4, -0.2) is 51.7 Å². The van der Waals surface area contributed by atoms with E-state index in [9.17, 15) is 26.4 Å². The van der Waals surface area contributed by atoms with Gasteiger partial charge < -0.3 is 9.80 Å². The molecule has 1 heterocycles. The van der Waals surface area contributed by atoms with Gasteiger partial charge in [-0.2, -0.15) is 0 Å². The van der Waals surface area contributed by atoms with Crippen LogP contribution < -0.4 is 4.90 Å². The lowest BCUT2D eigenvalue weighted by atomic mass is 9.98. The van der Waals surface area contributed by atoms with Crippen LogP contribution in [0.1, 0.15) is 10.4 Å². The van der Waals surface area contributed by atoms with Crippen molar-refractivity contribution in [3.8, 4) is 11.1 Å². The van der Waals surface area contributed by atoms with Crippen LogP contribution in [-0.2, 0) is 9.84 Å². The molecule has 1 amide bonds. The SMILES string of the molecule is CS(=O)(=O)c1ccc(-c2ccc(F)cc2)c(C(=O)N2CCN(c3ccc(F)cc3F)CC2)c1. The zero-order valence-electron chi connectivity index (χ0n) is 17.8. The number of anilines is 1. The van der Waals surface area contributed by atoms with Gasteiger partial charge in [-0.3, -0.25) is 4.79 Å². The van der Waals surface area contributed by atoms with E-state index in [1.54, 1.807) is 15.9 Å². The third-order valence-corrected chi connectivity index (χ3v) is 6.73. The average Bonchev–Trinajstić information content (AvgIpc) is 2.78. The first kappa shape index (κ1) is 22.8. The Labute approximate surface area is 190 Å². The van der Waals surface area contributed by atoms with E-state index in [-0.39, 0.29) is 35.1 Å². The van der Waals surface area contributed by atoms with Gasteiger partial charge in [-0.25, -0.2) is 21.6 Å². The number of amides is 1. The number of rotatable bonds is 4. The van der Waals surface area contributed by atoms with Crippen molar-refractivity contribution in [2.75, 3.05) is 37.3 Å². The monoisotopic (exact) mass is 474 g/mol. The van der Waals surface area contributed by atoms with Gasteiger partial charge in [-0.05, 0) is 47.5 Å². The van der Waals surface area contributed by atoms with Crippen LogP contribution in [0.25, 0.3) is 11.1 Å². The van der Waals surface area contributed by atoms with Crippen molar-refractivity contribution in [1.82, 2.24) is 4.90 Å². The Morgan fingerprint density at radius 1 is 0.818 bits per heavy atom. The summed E-state index contributed by atoms with van der Waals surface area (Å²) in [4.78, 5) is 16.7. The van der Waals surface area contributed by atoms with Crippen LogP contribution >= 0.6 is 0 Å². The fourth-order valence-electron chi connectivity index (χ4n) is 3.87.